The van der Waals surface area contributed by atoms with Gasteiger partial charge in [0.25, 0.3) is 0 Å². The van der Waals surface area contributed by atoms with Crippen LogP contribution in [0.15, 0.2) is 11.1 Å². The van der Waals surface area contributed by atoms with E-state index in [2.05, 4.69) is 21.6 Å². The fourth-order valence-electron chi connectivity index (χ4n) is 1.98. The predicted octanol–water partition coefficient (Wildman–Crippen LogP) is 2.29. The van der Waals surface area contributed by atoms with Gasteiger partial charge in [0.05, 0.1) is 11.8 Å². The van der Waals surface area contributed by atoms with E-state index in [9.17, 15) is 8.42 Å². The van der Waals surface area contributed by atoms with E-state index in [-0.39, 0.29) is 16.0 Å². The Morgan fingerprint density at radius 3 is 2.86 bits per heavy atom. The summed E-state index contributed by atoms with van der Waals surface area (Å²) in [6.07, 6.45) is 4.23. The van der Waals surface area contributed by atoms with Gasteiger partial charge in [-0.25, -0.2) is 13.4 Å². The van der Waals surface area contributed by atoms with Crippen LogP contribution < -0.4 is 11.1 Å². The van der Waals surface area contributed by atoms with Crippen LogP contribution in [0, 0.1) is 0 Å². The first-order chi connectivity index (χ1) is 10.0. The zero-order chi connectivity index (χ0) is 15.0. The van der Waals surface area contributed by atoms with Crippen molar-refractivity contribution < 1.29 is 8.42 Å². The molecule has 0 aromatic carbocycles. The molecule has 1 saturated carbocycles. The van der Waals surface area contributed by atoms with E-state index in [4.69, 9.17) is 5.73 Å². The van der Waals surface area contributed by atoms with E-state index in [1.807, 2.05) is 6.20 Å². The van der Waals surface area contributed by atoms with Crippen molar-refractivity contribution in [3.63, 3.8) is 0 Å². The summed E-state index contributed by atoms with van der Waals surface area (Å²) >= 11 is 2.71. The van der Waals surface area contributed by atoms with Crippen LogP contribution >= 0.6 is 22.9 Å². The highest BCUT2D eigenvalue weighted by Gasteiger charge is 2.40. The Morgan fingerprint density at radius 2 is 2.24 bits per heavy atom. The monoisotopic (exact) mass is 344 g/mol. The molecule has 3 N–H and O–H groups in total. The van der Waals surface area contributed by atoms with E-state index in [1.54, 1.807) is 11.3 Å². The van der Waals surface area contributed by atoms with E-state index in [0.717, 1.165) is 23.0 Å². The first kappa shape index (κ1) is 14.7. The lowest BCUT2D eigenvalue weighted by Gasteiger charge is -2.06. The molecule has 0 amide bonds. The van der Waals surface area contributed by atoms with Crippen LogP contribution in [0.4, 0.5) is 10.8 Å². The molecule has 0 aliphatic heterocycles. The van der Waals surface area contributed by atoms with Crippen LogP contribution in [0.1, 0.15) is 29.7 Å². The van der Waals surface area contributed by atoms with Crippen LogP contribution in [0.3, 0.4) is 0 Å². The molecule has 3 rings (SSSR count). The number of hydrogen-bond acceptors (Lipinski definition) is 8. The third-order valence-electron chi connectivity index (χ3n) is 3.27. The van der Waals surface area contributed by atoms with Crippen molar-refractivity contribution in [1.82, 2.24) is 9.36 Å². The Labute approximate surface area is 131 Å². The summed E-state index contributed by atoms with van der Waals surface area (Å²) in [5.74, 6) is 0.0998. The Kier molecular flexibility index (Phi) is 3.89. The maximum atomic E-state index is 12.4. The van der Waals surface area contributed by atoms with Gasteiger partial charge in [0.1, 0.15) is 14.9 Å². The minimum absolute atomic E-state index is 0.0998. The Bertz CT molecular complexity index is 746. The molecule has 2 heterocycles. The normalized spacial score (nSPS) is 15.3. The highest BCUT2D eigenvalue weighted by Crippen LogP contribution is 2.41. The summed E-state index contributed by atoms with van der Waals surface area (Å²) in [6.45, 7) is 2.56. The number of aromatic nitrogens is 2. The second-order valence-corrected chi connectivity index (χ2v) is 9.04. The number of sulfone groups is 1. The van der Waals surface area contributed by atoms with E-state index < -0.39 is 9.84 Å². The van der Waals surface area contributed by atoms with Gasteiger partial charge in [0, 0.05) is 11.1 Å². The molecule has 0 bridgehead atoms. The summed E-state index contributed by atoms with van der Waals surface area (Å²) < 4.78 is 28.8. The van der Waals surface area contributed by atoms with Gasteiger partial charge in [-0.05, 0) is 30.8 Å². The molecule has 0 saturated heterocycles. The maximum Gasteiger partial charge on any atom is 0.187 e. The molecule has 0 atom stereocenters. The fourth-order valence-corrected chi connectivity index (χ4v) is 5.66. The molecular formula is C12H16N4O2S3. The lowest BCUT2D eigenvalue weighted by Crippen LogP contribution is -2.11. The van der Waals surface area contributed by atoms with E-state index in [1.165, 1.54) is 4.88 Å². The van der Waals surface area contributed by atoms with Gasteiger partial charge in [-0.15, -0.1) is 11.3 Å². The van der Waals surface area contributed by atoms with Crippen molar-refractivity contribution in [2.45, 2.75) is 42.9 Å². The molecular weight excluding hydrogens is 328 g/mol. The Hall–Kier alpha value is -1.19. The third kappa shape index (κ3) is 2.90. The van der Waals surface area contributed by atoms with Gasteiger partial charge >= 0.3 is 0 Å². The van der Waals surface area contributed by atoms with E-state index >= 15 is 0 Å². The molecule has 9 heteroatoms. The number of hydrogen-bond donors (Lipinski definition) is 2. The van der Waals surface area contributed by atoms with Crippen molar-refractivity contribution in [3.8, 4) is 0 Å². The zero-order valence-corrected chi connectivity index (χ0v) is 13.9. The van der Waals surface area contributed by atoms with Crippen LogP contribution in [-0.4, -0.2) is 23.0 Å². The number of anilines is 2. The summed E-state index contributed by atoms with van der Waals surface area (Å²) in [7, 11) is -3.34. The largest absolute Gasteiger partial charge is 0.382 e. The van der Waals surface area contributed by atoms with Crippen molar-refractivity contribution in [2.75, 3.05) is 11.1 Å². The van der Waals surface area contributed by atoms with Gasteiger partial charge in [0.2, 0.25) is 0 Å². The topological polar surface area (TPSA) is 98.0 Å². The molecule has 0 radical (unpaired) electrons. The van der Waals surface area contributed by atoms with Crippen molar-refractivity contribution in [3.05, 3.63) is 16.1 Å². The number of rotatable bonds is 6. The average Bonchev–Trinajstić information content (AvgIpc) is 3.11. The van der Waals surface area contributed by atoms with Crippen molar-refractivity contribution >= 4 is 43.5 Å². The molecule has 0 spiro atoms. The third-order valence-corrected chi connectivity index (χ3v) is 7.69. The predicted molar refractivity (Wildman–Crippen MR) is 85.6 cm³/mol. The first-order valence-corrected chi connectivity index (χ1v) is 9.82. The maximum absolute atomic E-state index is 12.4. The second kappa shape index (κ2) is 5.54. The SMILES string of the molecule is CCc1cnc(CNc2snc(N)c2S(=O)(=O)C2CC2)s1. The molecule has 6 nitrogen and oxygen atoms in total. The first-order valence-electron chi connectivity index (χ1n) is 6.69. The molecule has 114 valence electrons. The summed E-state index contributed by atoms with van der Waals surface area (Å²) in [6, 6.07) is 0. The average molecular weight is 344 g/mol. The smallest absolute Gasteiger partial charge is 0.187 e. The number of nitrogens with one attached hydrogen (secondary N) is 1. The number of aryl methyl sites for hydroxylation is 1. The van der Waals surface area contributed by atoms with Gasteiger partial charge in [-0.3, -0.25) is 0 Å². The van der Waals surface area contributed by atoms with Crippen LogP contribution in [0.5, 0.6) is 0 Å². The summed E-state index contributed by atoms with van der Waals surface area (Å²) in [4.78, 5) is 5.69. The minimum atomic E-state index is -3.34. The van der Waals surface area contributed by atoms with Crippen LogP contribution in [0.25, 0.3) is 0 Å². The molecule has 0 unspecified atom stereocenters. The zero-order valence-electron chi connectivity index (χ0n) is 11.5. The quantitative estimate of drug-likeness (QED) is 0.834. The highest BCUT2D eigenvalue weighted by molar-refractivity contribution is 7.92. The molecule has 1 aliphatic carbocycles. The molecule has 2 aromatic heterocycles. The minimum Gasteiger partial charge on any atom is -0.382 e. The lowest BCUT2D eigenvalue weighted by atomic mass is 10.4. The Balaban J connectivity index is 1.80. The van der Waals surface area contributed by atoms with Crippen LogP contribution in [0.2, 0.25) is 0 Å². The number of nitrogens with zero attached hydrogens (tertiary/aromatic N) is 2. The van der Waals surface area contributed by atoms with Gasteiger partial charge in [-0.1, -0.05) is 6.92 Å². The second-order valence-electron chi connectivity index (χ2n) is 4.90. The lowest BCUT2D eigenvalue weighted by molar-refractivity contribution is 0.595. The summed E-state index contributed by atoms with van der Waals surface area (Å²) in [5, 5.41) is 4.28. The number of nitrogen functional groups attached to an aromatic ring is 1. The molecule has 1 aliphatic rings. The summed E-state index contributed by atoms with van der Waals surface area (Å²) in [5.41, 5.74) is 5.75. The fraction of sp³-hybridized carbons (Fsp3) is 0.500. The van der Waals surface area contributed by atoms with Crippen LogP contribution in [-0.2, 0) is 22.8 Å². The standard InChI is InChI=1S/C12H16N4O2S3/c1-2-7-5-14-9(19-7)6-15-12-10(11(13)16-20-12)21(17,18)8-3-4-8/h5,8,15H,2-4,6H2,1H3,(H2,13,16). The van der Waals surface area contributed by atoms with Gasteiger partial charge in [0.15, 0.2) is 15.7 Å². The van der Waals surface area contributed by atoms with Crippen molar-refractivity contribution in [1.29, 1.82) is 0 Å². The van der Waals surface area contributed by atoms with E-state index in [0.29, 0.717) is 24.4 Å². The Morgan fingerprint density at radius 1 is 1.48 bits per heavy atom. The molecule has 21 heavy (non-hydrogen) atoms. The van der Waals surface area contributed by atoms with Gasteiger partial charge in [-0.2, -0.15) is 4.37 Å². The molecule has 2 aromatic rings. The van der Waals surface area contributed by atoms with Gasteiger partial charge < -0.3 is 11.1 Å². The highest BCUT2D eigenvalue weighted by atomic mass is 32.2. The number of thiazole rings is 1. The molecule has 1 fully saturated rings. The number of nitrogens with two attached hydrogens (primary N) is 1. The van der Waals surface area contributed by atoms with Crippen molar-refractivity contribution in [2.24, 2.45) is 0 Å².